The molecule has 2 aromatic carbocycles. The van der Waals surface area contributed by atoms with Crippen molar-refractivity contribution >= 4 is 21.4 Å². The first kappa shape index (κ1) is 32.7. The number of alkyl halides is 3. The van der Waals surface area contributed by atoms with Gasteiger partial charge in [0.05, 0.1) is 29.9 Å². The molecule has 0 amide bonds. The van der Waals surface area contributed by atoms with Crippen LogP contribution in [0, 0.1) is 23.0 Å². The number of nitrogens with one attached hydrogen (secondary N) is 1. The molecule has 11 nitrogen and oxygen atoms in total. The fourth-order valence-electron chi connectivity index (χ4n) is 6.19. The average molecular weight is 696 g/mol. The van der Waals surface area contributed by atoms with E-state index in [-0.39, 0.29) is 46.1 Å². The van der Waals surface area contributed by atoms with Gasteiger partial charge in [0.15, 0.2) is 23.0 Å². The van der Waals surface area contributed by atoms with Gasteiger partial charge in [-0.25, -0.2) is 13.8 Å². The zero-order valence-corrected chi connectivity index (χ0v) is 28.3. The number of nitrogens with zero attached hydrogens (tertiary/aromatic N) is 8. The monoisotopic (exact) mass is 695 g/mol. The van der Waals surface area contributed by atoms with Gasteiger partial charge in [0, 0.05) is 22.4 Å². The highest BCUT2D eigenvalue weighted by Crippen LogP contribution is 2.34. The van der Waals surface area contributed by atoms with Crippen LogP contribution in [-0.2, 0) is 30.6 Å². The summed E-state index contributed by atoms with van der Waals surface area (Å²) in [4.78, 5) is 9.27. The lowest BCUT2D eigenvalue weighted by molar-refractivity contribution is -0.144. The molecule has 0 radical (unpaired) electrons. The number of aromatic amines is 1. The van der Waals surface area contributed by atoms with Gasteiger partial charge in [-0.1, -0.05) is 12.1 Å². The van der Waals surface area contributed by atoms with Crippen LogP contribution in [0.25, 0.3) is 22.7 Å². The number of rotatable bonds is 9. The molecule has 17 heteroatoms. The van der Waals surface area contributed by atoms with Crippen molar-refractivity contribution in [2.75, 3.05) is 19.7 Å². The number of imidazole rings is 1. The number of H-pyrrole nitrogens is 1. The summed E-state index contributed by atoms with van der Waals surface area (Å²) in [5, 5.41) is 24.0. The van der Waals surface area contributed by atoms with Crippen molar-refractivity contribution in [3.63, 3.8) is 0 Å². The molecule has 1 N–H and O–H groups in total. The van der Waals surface area contributed by atoms with Crippen LogP contribution in [-0.4, -0.2) is 75.0 Å². The molecule has 254 valence electrons. The molecule has 5 aromatic rings. The van der Waals surface area contributed by atoms with E-state index in [9.17, 15) is 22.0 Å². The van der Waals surface area contributed by atoms with Gasteiger partial charge in [0.25, 0.3) is 0 Å². The van der Waals surface area contributed by atoms with Crippen LogP contribution in [0.2, 0.25) is 0 Å². The summed E-state index contributed by atoms with van der Waals surface area (Å²) in [5.41, 5.74) is 2.42. The second-order valence-electron chi connectivity index (χ2n) is 12.6. The summed E-state index contributed by atoms with van der Waals surface area (Å²) in [6, 6.07) is 12.3. The first-order valence-corrected chi connectivity index (χ1v) is 16.7. The normalized spacial score (nSPS) is 18.9. The number of fused-ring (bicyclic) bond motifs is 1. The van der Waals surface area contributed by atoms with Crippen molar-refractivity contribution < 1.29 is 31.4 Å². The van der Waals surface area contributed by atoms with E-state index in [4.69, 9.17) is 19.7 Å². The van der Waals surface area contributed by atoms with Crippen LogP contribution in [0.15, 0.2) is 42.5 Å². The maximum Gasteiger partial charge on any atom is 0.451 e. The van der Waals surface area contributed by atoms with E-state index in [0.29, 0.717) is 30.9 Å². The lowest BCUT2D eigenvalue weighted by atomic mass is 9.89. The molecule has 1 atom stereocenters. The molecule has 0 aliphatic carbocycles. The number of likely N-dealkylation sites (tertiary alicyclic amines) is 1. The Morgan fingerprint density at radius 2 is 1.84 bits per heavy atom. The SMILES string of the molecule is N#Cc1ccc(COc2cc(C3CCN(Cc4nc5cc(-c6nnc(C(F)(F)F)[nH]6)nnc5n4C[C@]4([SiH3])CCO4)CC3)ccc2F)c(F)c1. The molecule has 7 rings (SSSR count). The third-order valence-electron chi connectivity index (χ3n) is 9.09. The van der Waals surface area contributed by atoms with E-state index < -0.39 is 23.6 Å². The molecule has 49 heavy (non-hydrogen) atoms. The maximum absolute atomic E-state index is 14.7. The van der Waals surface area contributed by atoms with Gasteiger partial charge in [-0.2, -0.15) is 18.4 Å². The Balaban J connectivity index is 1.05. The average Bonchev–Trinajstić information content (AvgIpc) is 3.70. The van der Waals surface area contributed by atoms with Crippen LogP contribution in [0.1, 0.15) is 53.5 Å². The molecule has 2 aliphatic heterocycles. The van der Waals surface area contributed by atoms with E-state index >= 15 is 0 Å². The van der Waals surface area contributed by atoms with E-state index in [1.807, 2.05) is 10.6 Å². The summed E-state index contributed by atoms with van der Waals surface area (Å²) in [6.45, 7) is 3.02. The lowest BCUT2D eigenvalue weighted by Crippen LogP contribution is -2.48. The van der Waals surface area contributed by atoms with Crippen molar-refractivity contribution in [3.8, 4) is 23.3 Å². The van der Waals surface area contributed by atoms with Crippen LogP contribution in [0.3, 0.4) is 0 Å². The maximum atomic E-state index is 14.7. The zero-order valence-electron chi connectivity index (χ0n) is 26.3. The quantitative estimate of drug-likeness (QED) is 0.178. The number of aromatic nitrogens is 7. The highest BCUT2D eigenvalue weighted by atomic mass is 28.1. The first-order chi connectivity index (χ1) is 23.5. The standard InChI is InChI=1S/C32H30F5N9O2Si/c33-22-4-3-20(12-26(22)47-16-21-2-1-18(14-38)11-23(21)34)19-5-8-45(9-6-19)15-27-39-25-13-24(28-40-30(44-42-28)32(35,36)37)41-43-29(25)46(27)17-31(49)7-10-48-31/h1-4,11-13,19H,5-10,15-17H2,49H3,(H,40,42,44)/t31-/m1/s1. The second kappa shape index (κ2) is 12.9. The molecule has 2 fully saturated rings. The van der Waals surface area contributed by atoms with E-state index in [2.05, 4.69) is 30.3 Å². The van der Waals surface area contributed by atoms with Crippen LogP contribution >= 0.6 is 0 Å². The fraction of sp³-hybridized carbons (Fsp3) is 0.375. The summed E-state index contributed by atoms with van der Waals surface area (Å²) < 4.78 is 81.8. The van der Waals surface area contributed by atoms with E-state index in [1.165, 1.54) is 18.2 Å². The Hall–Kier alpha value is -4.79. The molecule has 0 saturated carbocycles. The highest BCUT2D eigenvalue weighted by Gasteiger charge is 2.37. The fourth-order valence-corrected chi connectivity index (χ4v) is 6.91. The number of ether oxygens (including phenoxy) is 2. The number of benzene rings is 2. The van der Waals surface area contributed by atoms with Crippen molar-refractivity contribution in [1.82, 2.24) is 39.8 Å². The Labute approximate surface area is 279 Å². The Morgan fingerprint density at radius 3 is 2.51 bits per heavy atom. The minimum atomic E-state index is -4.67. The van der Waals surface area contributed by atoms with Gasteiger partial charge in [-0.05, 0) is 74.2 Å². The van der Waals surface area contributed by atoms with Crippen LogP contribution in [0.4, 0.5) is 22.0 Å². The topological polar surface area (TPSA) is 131 Å². The van der Waals surface area contributed by atoms with Gasteiger partial charge in [0.1, 0.15) is 29.5 Å². The summed E-state index contributed by atoms with van der Waals surface area (Å²) in [5.74, 6) is -1.58. The Morgan fingerprint density at radius 1 is 1.04 bits per heavy atom. The smallest absolute Gasteiger partial charge is 0.451 e. The van der Waals surface area contributed by atoms with Gasteiger partial charge < -0.3 is 19.0 Å². The highest BCUT2D eigenvalue weighted by molar-refractivity contribution is 6.15. The second-order valence-corrected chi connectivity index (χ2v) is 14.4. The predicted molar refractivity (Wildman–Crippen MR) is 168 cm³/mol. The summed E-state index contributed by atoms with van der Waals surface area (Å²) in [6.07, 6.45) is -2.17. The number of hydrogen-bond acceptors (Lipinski definition) is 9. The first-order valence-electron chi connectivity index (χ1n) is 15.7. The third-order valence-corrected chi connectivity index (χ3v) is 10.2. The zero-order chi connectivity index (χ0) is 34.3. The molecule has 3 aromatic heterocycles. The number of nitriles is 1. The molecule has 2 saturated heterocycles. The minimum absolute atomic E-state index is 0.0353. The number of halogens is 5. The van der Waals surface area contributed by atoms with E-state index in [0.717, 1.165) is 60.0 Å². The summed E-state index contributed by atoms with van der Waals surface area (Å²) >= 11 is 0. The van der Waals surface area contributed by atoms with Gasteiger partial charge in [-0.15, -0.1) is 20.4 Å². The van der Waals surface area contributed by atoms with Crippen molar-refractivity contribution in [1.29, 1.82) is 5.26 Å². The minimum Gasteiger partial charge on any atom is -0.486 e. The molecule has 2 aliphatic rings. The van der Waals surface area contributed by atoms with E-state index in [1.54, 1.807) is 18.2 Å². The largest absolute Gasteiger partial charge is 0.486 e. The van der Waals surface area contributed by atoms with Gasteiger partial charge >= 0.3 is 6.18 Å². The van der Waals surface area contributed by atoms with Crippen LogP contribution in [0.5, 0.6) is 5.75 Å². The summed E-state index contributed by atoms with van der Waals surface area (Å²) in [7, 11) is 0.788. The number of piperidine rings is 1. The van der Waals surface area contributed by atoms with Crippen molar-refractivity contribution in [2.45, 2.75) is 56.3 Å². The Kier molecular flexibility index (Phi) is 8.63. The molecular formula is C32H30F5N9O2Si. The predicted octanol–water partition coefficient (Wildman–Crippen LogP) is 4.22. The van der Waals surface area contributed by atoms with Gasteiger partial charge in [-0.3, -0.25) is 4.90 Å². The lowest BCUT2D eigenvalue weighted by Gasteiger charge is -2.39. The molecule has 0 spiro atoms. The Bertz CT molecular complexity index is 2050. The van der Waals surface area contributed by atoms with Crippen molar-refractivity contribution in [2.24, 2.45) is 0 Å². The van der Waals surface area contributed by atoms with Crippen LogP contribution < -0.4 is 4.74 Å². The van der Waals surface area contributed by atoms with Gasteiger partial charge in [0.2, 0.25) is 5.82 Å². The molecule has 0 unspecified atom stereocenters. The van der Waals surface area contributed by atoms with Crippen molar-refractivity contribution in [3.05, 3.63) is 82.4 Å². The number of hydrogen-bond donors (Lipinski definition) is 1. The molecular weight excluding hydrogens is 665 g/mol. The molecule has 0 bridgehead atoms. The molecule has 5 heterocycles. The third kappa shape index (κ3) is 6.89.